The first-order chi connectivity index (χ1) is 6.83. The fraction of sp³-hybridized carbons (Fsp3) is 0.500. The Morgan fingerprint density at radius 1 is 1.64 bits per heavy atom. The van der Waals surface area contributed by atoms with Gasteiger partial charge in [0.05, 0.1) is 11.8 Å². The molecule has 0 atom stereocenters. The van der Waals surface area contributed by atoms with E-state index in [-0.39, 0.29) is 0 Å². The Morgan fingerprint density at radius 3 is 3.00 bits per heavy atom. The van der Waals surface area contributed by atoms with E-state index in [9.17, 15) is 0 Å². The highest BCUT2D eigenvalue weighted by atomic mass is 32.2. The fourth-order valence-corrected chi connectivity index (χ4v) is 1.57. The van der Waals surface area contributed by atoms with Gasteiger partial charge in [-0.25, -0.2) is 0 Å². The largest absolute Gasteiger partial charge is 0.488 e. The van der Waals surface area contributed by atoms with Crippen molar-refractivity contribution in [2.24, 2.45) is 5.73 Å². The van der Waals surface area contributed by atoms with Crippen LogP contribution < -0.4 is 10.5 Å². The molecule has 1 saturated carbocycles. The Bertz CT molecular complexity index is 326. The zero-order valence-corrected chi connectivity index (χ0v) is 9.01. The maximum atomic E-state index is 5.73. The van der Waals surface area contributed by atoms with E-state index in [4.69, 9.17) is 10.5 Å². The van der Waals surface area contributed by atoms with Crippen LogP contribution in [0.2, 0.25) is 0 Å². The Kier molecular flexibility index (Phi) is 2.93. The van der Waals surface area contributed by atoms with Crippen LogP contribution in [0.1, 0.15) is 18.5 Å². The van der Waals surface area contributed by atoms with Crippen LogP contribution in [0.5, 0.6) is 5.75 Å². The fourth-order valence-electron chi connectivity index (χ4n) is 1.19. The quantitative estimate of drug-likeness (QED) is 0.770. The van der Waals surface area contributed by atoms with Crippen LogP contribution in [-0.4, -0.2) is 17.3 Å². The van der Waals surface area contributed by atoms with E-state index in [1.54, 1.807) is 11.8 Å². The van der Waals surface area contributed by atoms with Gasteiger partial charge >= 0.3 is 0 Å². The third kappa shape index (κ3) is 2.19. The van der Waals surface area contributed by atoms with Gasteiger partial charge in [0.25, 0.3) is 0 Å². The van der Waals surface area contributed by atoms with Gasteiger partial charge in [0.1, 0.15) is 5.75 Å². The van der Waals surface area contributed by atoms with E-state index in [2.05, 4.69) is 4.98 Å². The Morgan fingerprint density at radius 2 is 2.43 bits per heavy atom. The molecule has 14 heavy (non-hydrogen) atoms. The van der Waals surface area contributed by atoms with Crippen LogP contribution in [-0.2, 0) is 6.54 Å². The first-order valence-corrected chi connectivity index (χ1v) is 5.95. The number of thioether (sulfide) groups is 1. The van der Waals surface area contributed by atoms with Gasteiger partial charge in [-0.3, -0.25) is 4.98 Å². The molecule has 0 amide bonds. The van der Waals surface area contributed by atoms with Crippen molar-refractivity contribution in [2.45, 2.75) is 30.4 Å². The number of hydrogen-bond acceptors (Lipinski definition) is 4. The molecule has 76 valence electrons. The predicted octanol–water partition coefficient (Wildman–Crippen LogP) is 1.80. The van der Waals surface area contributed by atoms with E-state index in [0.29, 0.717) is 12.6 Å². The first-order valence-electron chi connectivity index (χ1n) is 4.73. The normalized spacial score (nSPS) is 15.6. The van der Waals surface area contributed by atoms with Crippen molar-refractivity contribution in [3.63, 3.8) is 0 Å². The van der Waals surface area contributed by atoms with Gasteiger partial charge in [0.2, 0.25) is 0 Å². The molecule has 0 radical (unpaired) electrons. The van der Waals surface area contributed by atoms with Gasteiger partial charge in [-0.05, 0) is 25.2 Å². The summed E-state index contributed by atoms with van der Waals surface area (Å²) in [6.07, 6.45) is 6.59. The van der Waals surface area contributed by atoms with Crippen molar-refractivity contribution in [1.82, 2.24) is 4.98 Å². The minimum absolute atomic E-state index is 0.402. The third-order valence-electron chi connectivity index (χ3n) is 2.15. The molecular weight excluding hydrogens is 196 g/mol. The van der Waals surface area contributed by atoms with E-state index in [1.807, 2.05) is 18.5 Å². The molecule has 2 rings (SSSR count). The van der Waals surface area contributed by atoms with Gasteiger partial charge in [-0.15, -0.1) is 11.8 Å². The van der Waals surface area contributed by atoms with E-state index in [0.717, 1.165) is 29.2 Å². The molecule has 4 heteroatoms. The molecule has 0 saturated heterocycles. The Hall–Kier alpha value is -0.740. The predicted molar refractivity (Wildman–Crippen MR) is 57.6 cm³/mol. The summed E-state index contributed by atoms with van der Waals surface area (Å²) in [6, 6.07) is 2.03. The highest BCUT2D eigenvalue weighted by Gasteiger charge is 2.24. The maximum Gasteiger partial charge on any atom is 0.143 e. The monoisotopic (exact) mass is 210 g/mol. The van der Waals surface area contributed by atoms with Crippen molar-refractivity contribution < 1.29 is 4.74 Å². The number of ether oxygens (including phenoxy) is 1. The van der Waals surface area contributed by atoms with Crippen molar-refractivity contribution in [1.29, 1.82) is 0 Å². The summed E-state index contributed by atoms with van der Waals surface area (Å²) < 4.78 is 5.73. The summed E-state index contributed by atoms with van der Waals surface area (Å²) in [5.41, 5.74) is 6.45. The summed E-state index contributed by atoms with van der Waals surface area (Å²) in [6.45, 7) is 0.441. The SMILES string of the molecule is CSc1cnc(CN)c(OC2CC2)c1. The minimum atomic E-state index is 0.402. The van der Waals surface area contributed by atoms with Crippen LogP contribution in [0, 0.1) is 0 Å². The molecule has 0 spiro atoms. The molecule has 1 aliphatic rings. The maximum absolute atomic E-state index is 5.73. The van der Waals surface area contributed by atoms with Crippen molar-refractivity contribution >= 4 is 11.8 Å². The van der Waals surface area contributed by atoms with Crippen LogP contribution in [0.15, 0.2) is 17.2 Å². The lowest BCUT2D eigenvalue weighted by Crippen LogP contribution is -2.06. The Labute approximate surface area is 88.0 Å². The molecule has 0 aliphatic heterocycles. The van der Waals surface area contributed by atoms with Crippen LogP contribution in [0.3, 0.4) is 0 Å². The lowest BCUT2D eigenvalue weighted by atomic mass is 10.3. The second kappa shape index (κ2) is 4.19. The van der Waals surface area contributed by atoms with Gasteiger partial charge in [0.15, 0.2) is 0 Å². The zero-order chi connectivity index (χ0) is 9.97. The lowest BCUT2D eigenvalue weighted by Gasteiger charge is -2.09. The molecular formula is C10H14N2OS. The highest BCUT2D eigenvalue weighted by molar-refractivity contribution is 7.98. The number of pyridine rings is 1. The zero-order valence-electron chi connectivity index (χ0n) is 8.19. The topological polar surface area (TPSA) is 48.1 Å². The summed E-state index contributed by atoms with van der Waals surface area (Å²) in [5.74, 6) is 0.863. The molecule has 0 bridgehead atoms. The number of nitrogens with zero attached hydrogens (tertiary/aromatic N) is 1. The molecule has 0 unspecified atom stereocenters. The summed E-state index contributed by atoms with van der Waals surface area (Å²) in [4.78, 5) is 5.40. The number of aromatic nitrogens is 1. The van der Waals surface area contributed by atoms with Gasteiger partial charge in [-0.1, -0.05) is 0 Å². The number of hydrogen-bond donors (Lipinski definition) is 1. The lowest BCUT2D eigenvalue weighted by molar-refractivity contribution is 0.297. The average molecular weight is 210 g/mol. The number of nitrogens with two attached hydrogens (primary N) is 1. The average Bonchev–Trinajstić information content (AvgIpc) is 3.01. The molecule has 1 aromatic heterocycles. The van der Waals surface area contributed by atoms with Crippen LogP contribution in [0.4, 0.5) is 0 Å². The van der Waals surface area contributed by atoms with E-state index >= 15 is 0 Å². The smallest absolute Gasteiger partial charge is 0.143 e. The molecule has 1 aliphatic carbocycles. The van der Waals surface area contributed by atoms with E-state index < -0.39 is 0 Å². The summed E-state index contributed by atoms with van der Waals surface area (Å²) >= 11 is 1.67. The molecule has 1 fully saturated rings. The van der Waals surface area contributed by atoms with Crippen LogP contribution in [0.25, 0.3) is 0 Å². The van der Waals surface area contributed by atoms with Gasteiger partial charge in [-0.2, -0.15) is 0 Å². The van der Waals surface area contributed by atoms with Crippen molar-refractivity contribution in [3.8, 4) is 5.75 Å². The third-order valence-corrected chi connectivity index (χ3v) is 2.85. The molecule has 0 aromatic carbocycles. The highest BCUT2D eigenvalue weighted by Crippen LogP contribution is 2.30. The second-order valence-electron chi connectivity index (χ2n) is 3.34. The van der Waals surface area contributed by atoms with Crippen molar-refractivity contribution in [2.75, 3.05) is 6.26 Å². The molecule has 1 heterocycles. The molecule has 1 aromatic rings. The molecule has 2 N–H and O–H groups in total. The standard InChI is InChI=1S/C10H14N2OS/c1-14-8-4-10(13-7-2-3-7)9(5-11)12-6-8/h4,6-7H,2-3,5,11H2,1H3. The first kappa shape index (κ1) is 9.80. The van der Waals surface area contributed by atoms with Crippen LogP contribution >= 0.6 is 11.8 Å². The van der Waals surface area contributed by atoms with Crippen molar-refractivity contribution in [3.05, 3.63) is 18.0 Å². The minimum Gasteiger partial charge on any atom is -0.488 e. The van der Waals surface area contributed by atoms with Gasteiger partial charge in [0, 0.05) is 17.6 Å². The van der Waals surface area contributed by atoms with E-state index in [1.165, 1.54) is 0 Å². The summed E-state index contributed by atoms with van der Waals surface area (Å²) in [5, 5.41) is 0. The Balaban J connectivity index is 2.21. The van der Waals surface area contributed by atoms with Gasteiger partial charge < -0.3 is 10.5 Å². The summed E-state index contributed by atoms with van der Waals surface area (Å²) in [7, 11) is 0. The second-order valence-corrected chi connectivity index (χ2v) is 4.22. The number of rotatable bonds is 4. The molecule has 3 nitrogen and oxygen atoms in total.